The van der Waals surface area contributed by atoms with E-state index in [2.05, 4.69) is 10.3 Å². The van der Waals surface area contributed by atoms with E-state index >= 15 is 0 Å². The molecule has 3 heteroatoms. The number of aromatic nitrogens is 1. The molecule has 0 fully saturated rings. The SMILES string of the molecule is CNCCc1cccc(OC(C)C)n1. The van der Waals surface area contributed by atoms with Crippen LogP contribution in [0.3, 0.4) is 0 Å². The van der Waals surface area contributed by atoms with Gasteiger partial charge in [0.1, 0.15) is 0 Å². The summed E-state index contributed by atoms with van der Waals surface area (Å²) in [4.78, 5) is 4.39. The molecule has 0 saturated heterocycles. The number of hydrogen-bond donors (Lipinski definition) is 1. The molecule has 0 radical (unpaired) electrons. The Hall–Kier alpha value is -1.09. The first-order valence-corrected chi connectivity index (χ1v) is 4.99. The quantitative estimate of drug-likeness (QED) is 0.773. The fourth-order valence-corrected chi connectivity index (χ4v) is 1.16. The lowest BCUT2D eigenvalue weighted by molar-refractivity contribution is 0.232. The van der Waals surface area contributed by atoms with Crippen LogP contribution in [0, 0.1) is 0 Å². The summed E-state index contributed by atoms with van der Waals surface area (Å²) in [6, 6.07) is 5.89. The van der Waals surface area contributed by atoms with Crippen molar-refractivity contribution in [2.75, 3.05) is 13.6 Å². The molecule has 0 unspecified atom stereocenters. The summed E-state index contributed by atoms with van der Waals surface area (Å²) in [6.07, 6.45) is 1.12. The van der Waals surface area contributed by atoms with Gasteiger partial charge in [-0.15, -0.1) is 0 Å². The molecule has 1 aromatic rings. The van der Waals surface area contributed by atoms with Crippen molar-refractivity contribution < 1.29 is 4.74 Å². The molecule has 0 spiro atoms. The van der Waals surface area contributed by atoms with Crippen molar-refractivity contribution in [3.05, 3.63) is 23.9 Å². The molecular weight excluding hydrogens is 176 g/mol. The van der Waals surface area contributed by atoms with Crippen molar-refractivity contribution in [1.29, 1.82) is 0 Å². The smallest absolute Gasteiger partial charge is 0.213 e. The van der Waals surface area contributed by atoms with E-state index in [1.54, 1.807) is 0 Å². The minimum Gasteiger partial charge on any atom is -0.475 e. The Kier molecular flexibility index (Phi) is 4.40. The highest BCUT2D eigenvalue weighted by Gasteiger charge is 2.00. The van der Waals surface area contributed by atoms with E-state index in [-0.39, 0.29) is 6.10 Å². The Morgan fingerprint density at radius 2 is 2.21 bits per heavy atom. The molecule has 0 saturated carbocycles. The van der Waals surface area contributed by atoms with E-state index in [0.717, 1.165) is 18.7 Å². The predicted octanol–water partition coefficient (Wildman–Crippen LogP) is 1.63. The lowest BCUT2D eigenvalue weighted by Crippen LogP contribution is -2.12. The van der Waals surface area contributed by atoms with E-state index < -0.39 is 0 Å². The number of likely N-dealkylation sites (N-methyl/N-ethyl adjacent to an activating group) is 1. The van der Waals surface area contributed by atoms with Crippen molar-refractivity contribution in [1.82, 2.24) is 10.3 Å². The summed E-state index contributed by atoms with van der Waals surface area (Å²) in [7, 11) is 1.94. The van der Waals surface area contributed by atoms with Crippen molar-refractivity contribution in [3.63, 3.8) is 0 Å². The van der Waals surface area contributed by atoms with Gasteiger partial charge < -0.3 is 10.1 Å². The average Bonchev–Trinajstić information content (AvgIpc) is 2.14. The fourth-order valence-electron chi connectivity index (χ4n) is 1.16. The molecule has 3 nitrogen and oxygen atoms in total. The van der Waals surface area contributed by atoms with E-state index in [1.807, 2.05) is 39.1 Å². The predicted molar refractivity (Wildman–Crippen MR) is 57.6 cm³/mol. The zero-order valence-electron chi connectivity index (χ0n) is 9.08. The molecule has 0 bridgehead atoms. The molecule has 1 N–H and O–H groups in total. The maximum atomic E-state index is 5.50. The normalized spacial score (nSPS) is 10.6. The van der Waals surface area contributed by atoms with E-state index in [9.17, 15) is 0 Å². The minimum atomic E-state index is 0.182. The molecule has 0 amide bonds. The number of pyridine rings is 1. The topological polar surface area (TPSA) is 34.1 Å². The average molecular weight is 194 g/mol. The van der Waals surface area contributed by atoms with Gasteiger partial charge in [0.2, 0.25) is 5.88 Å². The molecule has 0 aliphatic rings. The Morgan fingerprint density at radius 1 is 1.43 bits per heavy atom. The maximum absolute atomic E-state index is 5.50. The second-order valence-electron chi connectivity index (χ2n) is 3.49. The molecule has 1 aromatic heterocycles. The molecule has 1 heterocycles. The second kappa shape index (κ2) is 5.60. The van der Waals surface area contributed by atoms with Crippen LogP contribution in [0.15, 0.2) is 18.2 Å². The molecule has 78 valence electrons. The molecule has 0 atom stereocenters. The highest BCUT2D eigenvalue weighted by Crippen LogP contribution is 2.09. The van der Waals surface area contributed by atoms with Crippen LogP contribution in [0.4, 0.5) is 0 Å². The lowest BCUT2D eigenvalue weighted by Gasteiger charge is -2.09. The molecular formula is C11H18N2O. The Balaban J connectivity index is 2.59. The number of rotatable bonds is 5. The zero-order chi connectivity index (χ0) is 10.4. The maximum Gasteiger partial charge on any atom is 0.213 e. The van der Waals surface area contributed by atoms with Gasteiger partial charge in [0.25, 0.3) is 0 Å². The van der Waals surface area contributed by atoms with Crippen LogP contribution in [-0.4, -0.2) is 24.7 Å². The van der Waals surface area contributed by atoms with Gasteiger partial charge in [0.15, 0.2) is 0 Å². The van der Waals surface area contributed by atoms with Gasteiger partial charge in [-0.2, -0.15) is 0 Å². The summed E-state index contributed by atoms with van der Waals surface area (Å²) in [5.41, 5.74) is 1.07. The first-order valence-electron chi connectivity index (χ1n) is 4.99. The third kappa shape index (κ3) is 3.75. The van der Waals surface area contributed by atoms with Crippen LogP contribution in [0.2, 0.25) is 0 Å². The lowest BCUT2D eigenvalue weighted by atomic mass is 10.3. The Bertz CT molecular complexity index is 274. The third-order valence-electron chi connectivity index (χ3n) is 1.77. The number of ether oxygens (including phenoxy) is 1. The van der Waals surface area contributed by atoms with Crippen LogP contribution in [0.25, 0.3) is 0 Å². The summed E-state index contributed by atoms with van der Waals surface area (Å²) < 4.78 is 5.50. The first-order chi connectivity index (χ1) is 6.72. The van der Waals surface area contributed by atoms with Crippen molar-refractivity contribution in [2.24, 2.45) is 0 Å². The summed E-state index contributed by atoms with van der Waals surface area (Å²) in [5.74, 6) is 0.716. The van der Waals surface area contributed by atoms with Crippen LogP contribution in [-0.2, 0) is 6.42 Å². The van der Waals surface area contributed by atoms with Gasteiger partial charge in [-0.25, -0.2) is 4.98 Å². The Morgan fingerprint density at radius 3 is 2.86 bits per heavy atom. The van der Waals surface area contributed by atoms with Crippen LogP contribution < -0.4 is 10.1 Å². The number of hydrogen-bond acceptors (Lipinski definition) is 3. The molecule has 0 aliphatic heterocycles. The fraction of sp³-hybridized carbons (Fsp3) is 0.545. The molecule has 1 rings (SSSR count). The van der Waals surface area contributed by atoms with Crippen molar-refractivity contribution in [2.45, 2.75) is 26.4 Å². The molecule has 0 aliphatic carbocycles. The van der Waals surface area contributed by atoms with E-state index in [1.165, 1.54) is 0 Å². The first kappa shape index (κ1) is 11.0. The van der Waals surface area contributed by atoms with Crippen molar-refractivity contribution in [3.8, 4) is 5.88 Å². The monoisotopic (exact) mass is 194 g/mol. The van der Waals surface area contributed by atoms with Crippen LogP contribution in [0.1, 0.15) is 19.5 Å². The largest absolute Gasteiger partial charge is 0.475 e. The van der Waals surface area contributed by atoms with Gasteiger partial charge in [-0.05, 0) is 27.0 Å². The van der Waals surface area contributed by atoms with Gasteiger partial charge in [-0.1, -0.05) is 6.07 Å². The minimum absolute atomic E-state index is 0.182. The van der Waals surface area contributed by atoms with Crippen molar-refractivity contribution >= 4 is 0 Å². The second-order valence-corrected chi connectivity index (χ2v) is 3.49. The van der Waals surface area contributed by atoms with Gasteiger partial charge in [0, 0.05) is 24.7 Å². The van der Waals surface area contributed by atoms with Gasteiger partial charge in [-0.3, -0.25) is 0 Å². The standard InChI is InChI=1S/C11H18N2O/c1-9(2)14-11-6-4-5-10(13-11)7-8-12-3/h4-6,9,12H,7-8H2,1-3H3. The zero-order valence-corrected chi connectivity index (χ0v) is 9.08. The van der Waals surface area contributed by atoms with E-state index in [0.29, 0.717) is 5.88 Å². The highest BCUT2D eigenvalue weighted by molar-refractivity contribution is 5.16. The number of nitrogens with one attached hydrogen (secondary N) is 1. The van der Waals surface area contributed by atoms with E-state index in [4.69, 9.17) is 4.74 Å². The number of nitrogens with zero attached hydrogens (tertiary/aromatic N) is 1. The summed E-state index contributed by atoms with van der Waals surface area (Å²) in [5, 5.41) is 3.10. The summed E-state index contributed by atoms with van der Waals surface area (Å²) in [6.45, 7) is 4.95. The highest BCUT2D eigenvalue weighted by atomic mass is 16.5. The molecule has 14 heavy (non-hydrogen) atoms. The molecule has 0 aromatic carbocycles. The Labute approximate surface area is 85.5 Å². The van der Waals surface area contributed by atoms with Gasteiger partial charge in [0.05, 0.1) is 6.10 Å². The third-order valence-corrected chi connectivity index (χ3v) is 1.77. The van der Waals surface area contributed by atoms with Crippen LogP contribution >= 0.6 is 0 Å². The van der Waals surface area contributed by atoms with Gasteiger partial charge >= 0.3 is 0 Å². The van der Waals surface area contributed by atoms with Crippen LogP contribution in [0.5, 0.6) is 5.88 Å². The summed E-state index contributed by atoms with van der Waals surface area (Å²) >= 11 is 0.